The Kier molecular flexibility index (Phi) is 4.41. The lowest BCUT2D eigenvalue weighted by Gasteiger charge is -2.06. The molecule has 0 spiro atoms. The first-order valence-corrected chi connectivity index (χ1v) is 8.65. The molecule has 0 saturated heterocycles. The molecule has 7 nitrogen and oxygen atoms in total. The van der Waals surface area contributed by atoms with Crippen LogP contribution in [0.5, 0.6) is 0 Å². The number of imidazole rings is 1. The number of aryl methyl sites for hydroxylation is 1. The molecule has 0 saturated carbocycles. The van der Waals surface area contributed by atoms with E-state index in [1.54, 1.807) is 6.07 Å². The topological polar surface area (TPSA) is 88.2 Å². The molecular formula is C21H18N4O3. The first-order valence-electron chi connectivity index (χ1n) is 8.65. The lowest BCUT2D eigenvalue weighted by atomic mass is 10.0. The highest BCUT2D eigenvalue weighted by Gasteiger charge is 2.16. The van der Waals surface area contributed by atoms with Crippen LogP contribution >= 0.6 is 0 Å². The van der Waals surface area contributed by atoms with Gasteiger partial charge in [0.1, 0.15) is 5.65 Å². The summed E-state index contributed by atoms with van der Waals surface area (Å²) in [5.74, 6) is 0. The SMILES string of the molecule is COC(=O)Nc1ccc2ccn3c(C=NO)c(-c4ccccc4C)nc3c2c1. The third-order valence-electron chi connectivity index (χ3n) is 4.66. The van der Waals surface area contributed by atoms with Crippen LogP contribution in [0.15, 0.2) is 59.9 Å². The van der Waals surface area contributed by atoms with Crippen LogP contribution in [0.2, 0.25) is 0 Å². The molecule has 0 unspecified atom stereocenters. The second-order valence-corrected chi connectivity index (χ2v) is 6.33. The summed E-state index contributed by atoms with van der Waals surface area (Å²) >= 11 is 0. The maximum absolute atomic E-state index is 11.5. The number of pyridine rings is 1. The van der Waals surface area contributed by atoms with Gasteiger partial charge in [-0.15, -0.1) is 0 Å². The predicted octanol–water partition coefficient (Wildman–Crippen LogP) is 4.45. The number of nitrogens with one attached hydrogen (secondary N) is 1. The summed E-state index contributed by atoms with van der Waals surface area (Å²) in [5, 5.41) is 16.9. The van der Waals surface area contributed by atoms with Crippen molar-refractivity contribution in [2.45, 2.75) is 6.92 Å². The highest BCUT2D eigenvalue weighted by molar-refractivity contribution is 6.01. The lowest BCUT2D eigenvalue weighted by Crippen LogP contribution is -2.10. The standard InChI is InChI=1S/C21H18N4O3/c1-13-5-3-4-6-16(13)19-18(12-22-27)25-10-9-14-7-8-15(23-21(26)28-2)11-17(14)20(25)24-19/h3-12,27H,1-2H3,(H,23,26). The average Bonchev–Trinajstić information content (AvgIpc) is 3.07. The van der Waals surface area contributed by atoms with Crippen LogP contribution in [-0.4, -0.2) is 34.0 Å². The number of nitrogens with zero attached hydrogens (tertiary/aromatic N) is 3. The third kappa shape index (κ3) is 2.92. The molecule has 4 rings (SSSR count). The Labute approximate surface area is 160 Å². The van der Waals surface area contributed by atoms with E-state index < -0.39 is 6.09 Å². The van der Waals surface area contributed by atoms with Gasteiger partial charge in [-0.2, -0.15) is 0 Å². The average molecular weight is 374 g/mol. The maximum atomic E-state index is 11.5. The molecule has 2 aromatic heterocycles. The van der Waals surface area contributed by atoms with Crippen LogP contribution in [0, 0.1) is 6.92 Å². The molecule has 0 fully saturated rings. The number of aromatic nitrogens is 2. The highest BCUT2D eigenvalue weighted by atomic mass is 16.5. The molecule has 2 heterocycles. The number of oxime groups is 1. The van der Waals surface area contributed by atoms with Crippen LogP contribution in [0.1, 0.15) is 11.3 Å². The Hall–Kier alpha value is -3.87. The molecule has 2 aromatic carbocycles. The number of anilines is 1. The van der Waals surface area contributed by atoms with E-state index in [-0.39, 0.29) is 0 Å². The number of hydrogen-bond acceptors (Lipinski definition) is 5. The van der Waals surface area contributed by atoms with Crippen LogP contribution in [0.4, 0.5) is 10.5 Å². The summed E-state index contributed by atoms with van der Waals surface area (Å²) in [6.45, 7) is 2.01. The molecule has 7 heteroatoms. The van der Waals surface area contributed by atoms with E-state index >= 15 is 0 Å². The molecule has 140 valence electrons. The fourth-order valence-electron chi connectivity index (χ4n) is 3.30. The summed E-state index contributed by atoms with van der Waals surface area (Å²) in [5.41, 5.74) is 4.70. The van der Waals surface area contributed by atoms with E-state index in [1.807, 2.05) is 60.0 Å². The number of carbonyl (C=O) groups excluding carboxylic acids is 1. The van der Waals surface area contributed by atoms with Gasteiger partial charge >= 0.3 is 6.09 Å². The number of ether oxygens (including phenoxy) is 1. The van der Waals surface area contributed by atoms with E-state index in [0.29, 0.717) is 17.0 Å². The minimum Gasteiger partial charge on any atom is -0.453 e. The Morgan fingerprint density at radius 1 is 1.25 bits per heavy atom. The van der Waals surface area contributed by atoms with Crippen molar-refractivity contribution in [2.75, 3.05) is 12.4 Å². The van der Waals surface area contributed by atoms with E-state index in [9.17, 15) is 10.0 Å². The van der Waals surface area contributed by atoms with E-state index in [1.165, 1.54) is 13.3 Å². The van der Waals surface area contributed by atoms with Crippen molar-refractivity contribution in [3.63, 3.8) is 0 Å². The van der Waals surface area contributed by atoms with Gasteiger partial charge in [0.2, 0.25) is 0 Å². The van der Waals surface area contributed by atoms with Gasteiger partial charge in [-0.3, -0.25) is 9.72 Å². The van der Waals surface area contributed by atoms with Gasteiger partial charge in [0.05, 0.1) is 24.7 Å². The Balaban J connectivity index is 2.00. The normalized spacial score (nSPS) is 11.4. The number of methoxy groups -OCH3 is 1. The van der Waals surface area contributed by atoms with Crippen molar-refractivity contribution in [3.05, 3.63) is 66.0 Å². The molecule has 0 aliphatic carbocycles. The van der Waals surface area contributed by atoms with E-state index in [2.05, 4.69) is 15.2 Å². The van der Waals surface area contributed by atoms with Gasteiger partial charge < -0.3 is 9.94 Å². The molecule has 0 aliphatic rings. The zero-order chi connectivity index (χ0) is 19.7. The third-order valence-corrected chi connectivity index (χ3v) is 4.66. The zero-order valence-electron chi connectivity index (χ0n) is 15.4. The van der Waals surface area contributed by atoms with Crippen LogP contribution in [-0.2, 0) is 4.74 Å². The molecule has 1 amide bonds. The molecule has 0 bridgehead atoms. The number of fused-ring (bicyclic) bond motifs is 3. The quantitative estimate of drug-likeness (QED) is 0.315. The van der Waals surface area contributed by atoms with Gasteiger partial charge in [0.25, 0.3) is 0 Å². The van der Waals surface area contributed by atoms with Crippen LogP contribution in [0.25, 0.3) is 27.7 Å². The maximum Gasteiger partial charge on any atom is 0.411 e. The van der Waals surface area contributed by atoms with Gasteiger partial charge in [-0.1, -0.05) is 35.5 Å². The van der Waals surface area contributed by atoms with Crippen molar-refractivity contribution in [2.24, 2.45) is 5.16 Å². The second kappa shape index (κ2) is 7.03. The number of hydrogen-bond donors (Lipinski definition) is 2. The highest BCUT2D eigenvalue weighted by Crippen LogP contribution is 2.30. The van der Waals surface area contributed by atoms with Gasteiger partial charge in [0, 0.05) is 22.8 Å². The van der Waals surface area contributed by atoms with Gasteiger partial charge in [-0.05, 0) is 36.1 Å². The minimum atomic E-state index is -0.539. The summed E-state index contributed by atoms with van der Waals surface area (Å²) in [7, 11) is 1.32. The van der Waals surface area contributed by atoms with E-state index in [4.69, 9.17) is 4.98 Å². The fourth-order valence-corrected chi connectivity index (χ4v) is 3.30. The Morgan fingerprint density at radius 3 is 2.82 bits per heavy atom. The summed E-state index contributed by atoms with van der Waals surface area (Å²) in [6.07, 6.45) is 2.73. The van der Waals surface area contributed by atoms with Crippen LogP contribution in [0.3, 0.4) is 0 Å². The first-order chi connectivity index (χ1) is 13.6. The molecule has 4 aromatic rings. The molecule has 0 atom stereocenters. The number of amides is 1. The van der Waals surface area contributed by atoms with Gasteiger partial charge in [0.15, 0.2) is 0 Å². The monoisotopic (exact) mass is 374 g/mol. The second-order valence-electron chi connectivity index (χ2n) is 6.33. The van der Waals surface area contributed by atoms with Crippen molar-refractivity contribution in [1.82, 2.24) is 9.38 Å². The fraction of sp³-hybridized carbons (Fsp3) is 0.0952. The van der Waals surface area contributed by atoms with Gasteiger partial charge in [-0.25, -0.2) is 9.78 Å². The predicted molar refractivity (Wildman–Crippen MR) is 108 cm³/mol. The molecule has 28 heavy (non-hydrogen) atoms. The largest absolute Gasteiger partial charge is 0.453 e. The first kappa shape index (κ1) is 17.5. The van der Waals surface area contributed by atoms with Crippen molar-refractivity contribution < 1.29 is 14.7 Å². The summed E-state index contributed by atoms with van der Waals surface area (Å²) in [6, 6.07) is 15.4. The van der Waals surface area contributed by atoms with Crippen molar-refractivity contribution in [1.29, 1.82) is 0 Å². The number of benzene rings is 2. The number of carbonyl (C=O) groups is 1. The smallest absolute Gasteiger partial charge is 0.411 e. The molecular weight excluding hydrogens is 356 g/mol. The summed E-state index contributed by atoms with van der Waals surface area (Å²) in [4.78, 5) is 16.4. The minimum absolute atomic E-state index is 0.539. The van der Waals surface area contributed by atoms with Crippen molar-refractivity contribution in [3.8, 4) is 11.3 Å². The zero-order valence-corrected chi connectivity index (χ0v) is 15.4. The lowest BCUT2D eigenvalue weighted by molar-refractivity contribution is 0.187. The van der Waals surface area contributed by atoms with E-state index in [0.717, 1.165) is 27.6 Å². The van der Waals surface area contributed by atoms with Crippen molar-refractivity contribution >= 4 is 34.4 Å². The Morgan fingerprint density at radius 2 is 2.07 bits per heavy atom. The Bertz CT molecular complexity index is 1230. The number of rotatable bonds is 3. The molecule has 2 N–H and O–H groups in total. The molecule has 0 aliphatic heterocycles. The summed E-state index contributed by atoms with van der Waals surface area (Å²) < 4.78 is 6.53. The molecule has 0 radical (unpaired) electrons. The van der Waals surface area contributed by atoms with Crippen LogP contribution < -0.4 is 5.32 Å².